The third kappa shape index (κ3) is 3.49. The number of fused-ring (bicyclic) bond motifs is 1. The van der Waals surface area contributed by atoms with Crippen molar-refractivity contribution in [1.82, 2.24) is 24.5 Å². The minimum absolute atomic E-state index is 0.0836. The average Bonchev–Trinajstić information content (AvgIpc) is 2.72. The summed E-state index contributed by atoms with van der Waals surface area (Å²) in [4.78, 5) is 40.3. The van der Waals surface area contributed by atoms with Crippen molar-refractivity contribution >= 4 is 22.8 Å². The van der Waals surface area contributed by atoms with Gasteiger partial charge in [0.1, 0.15) is 0 Å². The van der Waals surface area contributed by atoms with Gasteiger partial charge in [0.05, 0.1) is 5.54 Å². The highest BCUT2D eigenvalue weighted by molar-refractivity contribution is 6.31. The van der Waals surface area contributed by atoms with E-state index in [-0.39, 0.29) is 11.2 Å². The first-order chi connectivity index (χ1) is 14.4. The predicted octanol–water partition coefficient (Wildman–Crippen LogP) is 2.71. The minimum atomic E-state index is -1.04. The fourth-order valence-corrected chi connectivity index (χ4v) is 3.65. The number of aromatic nitrogens is 5. The maximum Gasteiger partial charge on any atom is 0.330 e. The van der Waals surface area contributed by atoms with Gasteiger partial charge < -0.3 is 0 Å². The SMILES string of the molecule is CC(C)(c1ccc(C#Cc2cccnc2)cc1Cl)n1c(=O)[nH]c2nccnc2c1=O. The lowest BCUT2D eigenvalue weighted by atomic mass is 9.92. The summed E-state index contributed by atoms with van der Waals surface area (Å²) in [5.41, 5.74) is 0.155. The van der Waals surface area contributed by atoms with Gasteiger partial charge in [0.25, 0.3) is 5.56 Å². The molecule has 0 fully saturated rings. The Morgan fingerprint density at radius 2 is 1.80 bits per heavy atom. The van der Waals surface area contributed by atoms with Crippen LogP contribution in [0.3, 0.4) is 0 Å². The number of nitrogens with one attached hydrogen (secondary N) is 1. The number of H-pyrrole nitrogens is 1. The van der Waals surface area contributed by atoms with Gasteiger partial charge in [-0.15, -0.1) is 0 Å². The second-order valence-corrected chi connectivity index (χ2v) is 7.48. The van der Waals surface area contributed by atoms with E-state index in [2.05, 4.69) is 31.8 Å². The molecule has 0 saturated carbocycles. The molecular formula is C22H16ClN5O2. The van der Waals surface area contributed by atoms with Crippen LogP contribution in [0, 0.1) is 11.8 Å². The summed E-state index contributed by atoms with van der Waals surface area (Å²) >= 11 is 6.53. The van der Waals surface area contributed by atoms with E-state index in [1.165, 1.54) is 12.4 Å². The third-order valence-corrected chi connectivity index (χ3v) is 5.04. The molecule has 0 bridgehead atoms. The van der Waals surface area contributed by atoms with Crippen molar-refractivity contribution in [3.63, 3.8) is 0 Å². The Balaban J connectivity index is 1.79. The van der Waals surface area contributed by atoms with E-state index < -0.39 is 16.8 Å². The highest BCUT2D eigenvalue weighted by Crippen LogP contribution is 2.30. The van der Waals surface area contributed by atoms with Crippen LogP contribution in [0.25, 0.3) is 11.2 Å². The summed E-state index contributed by atoms with van der Waals surface area (Å²) in [7, 11) is 0. The monoisotopic (exact) mass is 417 g/mol. The lowest BCUT2D eigenvalue weighted by molar-refractivity contribution is 0.405. The number of nitrogens with zero attached hydrogens (tertiary/aromatic N) is 4. The van der Waals surface area contributed by atoms with E-state index in [1.54, 1.807) is 44.4 Å². The molecule has 0 aliphatic carbocycles. The molecular weight excluding hydrogens is 402 g/mol. The molecule has 4 aromatic rings. The molecule has 0 saturated heterocycles. The van der Waals surface area contributed by atoms with Gasteiger partial charge in [-0.3, -0.25) is 14.8 Å². The number of aromatic amines is 1. The Morgan fingerprint density at radius 1 is 1.03 bits per heavy atom. The first-order valence-corrected chi connectivity index (χ1v) is 9.44. The molecule has 1 aromatic carbocycles. The summed E-state index contributed by atoms with van der Waals surface area (Å²) < 4.78 is 1.10. The molecule has 0 aliphatic heterocycles. The zero-order valence-corrected chi connectivity index (χ0v) is 16.9. The van der Waals surface area contributed by atoms with Gasteiger partial charge in [0.15, 0.2) is 11.2 Å². The fourth-order valence-electron chi connectivity index (χ4n) is 3.24. The first kappa shape index (κ1) is 19.6. The Labute approximate surface area is 176 Å². The van der Waals surface area contributed by atoms with Crippen molar-refractivity contribution in [2.45, 2.75) is 19.4 Å². The largest absolute Gasteiger partial charge is 0.330 e. The van der Waals surface area contributed by atoms with E-state index in [0.29, 0.717) is 16.1 Å². The number of hydrogen-bond donors (Lipinski definition) is 1. The van der Waals surface area contributed by atoms with Gasteiger partial charge in [-0.2, -0.15) is 0 Å². The van der Waals surface area contributed by atoms with Crippen molar-refractivity contribution in [3.05, 3.63) is 97.7 Å². The Kier molecular flexibility index (Phi) is 4.94. The van der Waals surface area contributed by atoms with Gasteiger partial charge in [-0.25, -0.2) is 19.3 Å². The standard InChI is InChI=1S/C22H16ClN5O2/c1-22(2,28-20(29)18-19(27-21(28)30)26-11-10-25-18)16-8-7-14(12-17(16)23)5-6-15-4-3-9-24-13-15/h3-4,7-13H,1-2H3,(H,26,27,30). The van der Waals surface area contributed by atoms with Gasteiger partial charge in [0.2, 0.25) is 0 Å². The molecule has 3 heterocycles. The zero-order valence-electron chi connectivity index (χ0n) is 16.2. The van der Waals surface area contributed by atoms with E-state index in [1.807, 2.05) is 12.1 Å². The van der Waals surface area contributed by atoms with Crippen molar-refractivity contribution < 1.29 is 0 Å². The molecule has 0 spiro atoms. The Morgan fingerprint density at radius 3 is 2.53 bits per heavy atom. The molecule has 148 valence electrons. The molecule has 7 nitrogen and oxygen atoms in total. The molecule has 0 unspecified atom stereocenters. The molecule has 0 aliphatic rings. The smallest absolute Gasteiger partial charge is 0.290 e. The molecule has 0 radical (unpaired) electrons. The van der Waals surface area contributed by atoms with Gasteiger partial charge >= 0.3 is 5.69 Å². The lowest BCUT2D eigenvalue weighted by Crippen LogP contribution is -2.47. The van der Waals surface area contributed by atoms with E-state index >= 15 is 0 Å². The number of hydrogen-bond acceptors (Lipinski definition) is 5. The molecule has 1 N–H and O–H groups in total. The van der Waals surface area contributed by atoms with Crippen LogP contribution in [0.2, 0.25) is 5.02 Å². The average molecular weight is 418 g/mol. The van der Waals surface area contributed by atoms with Crippen LogP contribution < -0.4 is 11.2 Å². The predicted molar refractivity (Wildman–Crippen MR) is 115 cm³/mol. The quantitative estimate of drug-likeness (QED) is 0.506. The molecule has 3 aromatic heterocycles. The minimum Gasteiger partial charge on any atom is -0.290 e. The zero-order chi connectivity index (χ0) is 21.3. The van der Waals surface area contributed by atoms with E-state index in [0.717, 1.165) is 10.1 Å². The molecule has 0 amide bonds. The molecule has 0 atom stereocenters. The normalized spacial score (nSPS) is 11.2. The van der Waals surface area contributed by atoms with Gasteiger partial charge in [-0.1, -0.05) is 29.5 Å². The summed E-state index contributed by atoms with van der Waals surface area (Å²) in [6.07, 6.45) is 6.17. The van der Waals surface area contributed by atoms with Crippen LogP contribution in [0.15, 0.2) is 64.7 Å². The number of rotatable bonds is 2. The molecule has 8 heteroatoms. The lowest BCUT2D eigenvalue weighted by Gasteiger charge is -2.28. The van der Waals surface area contributed by atoms with Gasteiger partial charge in [-0.05, 0) is 43.7 Å². The van der Waals surface area contributed by atoms with Crippen molar-refractivity contribution in [2.24, 2.45) is 0 Å². The highest BCUT2D eigenvalue weighted by Gasteiger charge is 2.30. The second kappa shape index (κ2) is 7.58. The third-order valence-electron chi connectivity index (χ3n) is 4.73. The van der Waals surface area contributed by atoms with Crippen LogP contribution >= 0.6 is 11.6 Å². The number of halogens is 1. The van der Waals surface area contributed by atoms with E-state index in [4.69, 9.17) is 11.6 Å². The first-order valence-electron chi connectivity index (χ1n) is 9.06. The van der Waals surface area contributed by atoms with Crippen LogP contribution in [-0.4, -0.2) is 24.5 Å². The summed E-state index contributed by atoms with van der Waals surface area (Å²) in [6.45, 7) is 3.49. The summed E-state index contributed by atoms with van der Waals surface area (Å²) in [5.74, 6) is 6.06. The molecule has 4 rings (SSSR count). The van der Waals surface area contributed by atoms with Crippen LogP contribution in [0.5, 0.6) is 0 Å². The van der Waals surface area contributed by atoms with Crippen molar-refractivity contribution in [1.29, 1.82) is 0 Å². The summed E-state index contributed by atoms with van der Waals surface area (Å²) in [6, 6.07) is 8.95. The fraction of sp³-hybridized carbons (Fsp3) is 0.136. The van der Waals surface area contributed by atoms with Crippen molar-refractivity contribution in [2.75, 3.05) is 0 Å². The van der Waals surface area contributed by atoms with Crippen LogP contribution in [0.4, 0.5) is 0 Å². The topological polar surface area (TPSA) is 93.5 Å². The second-order valence-electron chi connectivity index (χ2n) is 7.07. The highest BCUT2D eigenvalue weighted by atomic mass is 35.5. The Bertz CT molecular complexity index is 1430. The van der Waals surface area contributed by atoms with Crippen LogP contribution in [0.1, 0.15) is 30.5 Å². The van der Waals surface area contributed by atoms with Crippen LogP contribution in [-0.2, 0) is 5.54 Å². The summed E-state index contributed by atoms with van der Waals surface area (Å²) in [5, 5.41) is 0.392. The number of pyridine rings is 1. The van der Waals surface area contributed by atoms with Gasteiger partial charge in [0, 0.05) is 40.9 Å². The number of benzene rings is 1. The van der Waals surface area contributed by atoms with Crippen molar-refractivity contribution in [3.8, 4) is 11.8 Å². The molecule has 30 heavy (non-hydrogen) atoms. The maximum atomic E-state index is 13.0. The van der Waals surface area contributed by atoms with E-state index in [9.17, 15) is 9.59 Å². The Hall–Kier alpha value is -3.76. The maximum absolute atomic E-state index is 13.0.